The fourth-order valence-electron chi connectivity index (χ4n) is 2.48. The van der Waals surface area contributed by atoms with Crippen molar-refractivity contribution in [2.45, 2.75) is 11.7 Å². The van der Waals surface area contributed by atoms with Gasteiger partial charge in [0.05, 0.1) is 17.0 Å². The zero-order valence-electron chi connectivity index (χ0n) is 14.7. The number of anilines is 1. The molecule has 1 amide bonds. The van der Waals surface area contributed by atoms with Crippen LogP contribution in [0.15, 0.2) is 60.3 Å². The van der Waals surface area contributed by atoms with Crippen LogP contribution in [0.25, 0.3) is 11.4 Å². The van der Waals surface area contributed by atoms with Crippen molar-refractivity contribution >= 4 is 35.0 Å². The Bertz CT molecular complexity index is 1020. The van der Waals surface area contributed by atoms with Crippen molar-refractivity contribution in [3.8, 4) is 22.9 Å². The largest absolute Gasteiger partial charge is 0.507 e. The number of carbonyl (C=O) groups excluding carboxylic acids is 1. The van der Waals surface area contributed by atoms with Gasteiger partial charge < -0.3 is 15.5 Å². The van der Waals surface area contributed by atoms with E-state index in [0.717, 1.165) is 0 Å². The number of benzene rings is 2. The minimum absolute atomic E-state index is 0.0437. The highest BCUT2D eigenvalue weighted by Crippen LogP contribution is 2.31. The second kappa shape index (κ2) is 8.81. The smallest absolute Gasteiger partial charge is 0.234 e. The molecular weight excluding hydrogens is 400 g/mol. The fraction of sp³-hybridized carbons (Fsp3) is 0.105. The Kier molecular flexibility index (Phi) is 6.23. The third kappa shape index (κ3) is 4.47. The summed E-state index contributed by atoms with van der Waals surface area (Å²) in [7, 11) is 0. The first-order chi connectivity index (χ1) is 13.5. The number of phenols is 2. The lowest BCUT2D eigenvalue weighted by atomic mass is 10.2. The van der Waals surface area contributed by atoms with E-state index in [9.17, 15) is 15.0 Å². The van der Waals surface area contributed by atoms with Gasteiger partial charge in [-0.15, -0.1) is 16.8 Å². The molecular formula is C19H17ClN4O3S. The van der Waals surface area contributed by atoms with Crippen LogP contribution >= 0.6 is 23.4 Å². The molecule has 9 heteroatoms. The van der Waals surface area contributed by atoms with Gasteiger partial charge in [0, 0.05) is 11.6 Å². The monoisotopic (exact) mass is 416 g/mol. The summed E-state index contributed by atoms with van der Waals surface area (Å²) in [5.41, 5.74) is 0.776. The lowest BCUT2D eigenvalue weighted by Crippen LogP contribution is -2.14. The number of carbonyl (C=O) groups is 1. The van der Waals surface area contributed by atoms with Gasteiger partial charge in [0.1, 0.15) is 11.5 Å². The summed E-state index contributed by atoms with van der Waals surface area (Å²) >= 11 is 7.06. The van der Waals surface area contributed by atoms with E-state index in [1.165, 1.54) is 30.0 Å². The molecule has 0 aliphatic carbocycles. The van der Waals surface area contributed by atoms with Gasteiger partial charge in [-0.2, -0.15) is 0 Å². The molecule has 144 valence electrons. The van der Waals surface area contributed by atoms with E-state index in [2.05, 4.69) is 22.1 Å². The van der Waals surface area contributed by atoms with Crippen LogP contribution in [0, 0.1) is 0 Å². The molecule has 0 spiro atoms. The number of halogens is 1. The first kappa shape index (κ1) is 19.8. The van der Waals surface area contributed by atoms with Gasteiger partial charge in [-0.1, -0.05) is 41.6 Å². The van der Waals surface area contributed by atoms with Crippen molar-refractivity contribution in [3.63, 3.8) is 0 Å². The Hall–Kier alpha value is -2.97. The van der Waals surface area contributed by atoms with Crippen LogP contribution in [0.2, 0.25) is 5.02 Å². The summed E-state index contributed by atoms with van der Waals surface area (Å²) in [6, 6.07) is 11.2. The van der Waals surface area contributed by atoms with E-state index in [1.54, 1.807) is 34.9 Å². The minimum atomic E-state index is -0.333. The van der Waals surface area contributed by atoms with E-state index in [-0.39, 0.29) is 28.8 Å². The topological polar surface area (TPSA) is 100 Å². The number of thioether (sulfide) groups is 1. The molecule has 3 rings (SSSR count). The number of allylic oxidation sites excluding steroid dienone is 1. The van der Waals surface area contributed by atoms with Crippen LogP contribution in [0.5, 0.6) is 11.5 Å². The SMILES string of the molecule is C=CCn1c(SCC(=O)Nc2cc(Cl)ccc2O)nnc1-c1ccccc1O. The molecule has 0 aliphatic heterocycles. The lowest BCUT2D eigenvalue weighted by molar-refractivity contribution is -0.113. The number of phenolic OH excluding ortho intramolecular Hbond substituents is 2. The van der Waals surface area contributed by atoms with Crippen molar-refractivity contribution in [2.75, 3.05) is 11.1 Å². The van der Waals surface area contributed by atoms with Gasteiger partial charge in [-0.05, 0) is 30.3 Å². The molecule has 3 aromatic rings. The first-order valence-electron chi connectivity index (χ1n) is 8.23. The molecule has 1 heterocycles. The number of rotatable bonds is 7. The molecule has 1 aromatic heterocycles. The Balaban J connectivity index is 1.75. The average molecular weight is 417 g/mol. The Morgan fingerprint density at radius 3 is 2.75 bits per heavy atom. The maximum absolute atomic E-state index is 12.2. The second-order valence-electron chi connectivity index (χ2n) is 5.72. The summed E-state index contributed by atoms with van der Waals surface area (Å²) in [6.45, 7) is 4.15. The summed E-state index contributed by atoms with van der Waals surface area (Å²) < 4.78 is 1.76. The van der Waals surface area contributed by atoms with Gasteiger partial charge >= 0.3 is 0 Å². The van der Waals surface area contributed by atoms with E-state index < -0.39 is 0 Å². The number of hydrogen-bond donors (Lipinski definition) is 3. The van der Waals surface area contributed by atoms with E-state index in [1.807, 2.05) is 0 Å². The molecule has 0 saturated carbocycles. The van der Waals surface area contributed by atoms with Crippen molar-refractivity contribution in [1.82, 2.24) is 14.8 Å². The highest BCUT2D eigenvalue weighted by atomic mass is 35.5. The summed E-state index contributed by atoms with van der Waals surface area (Å²) in [6.07, 6.45) is 1.68. The fourth-order valence-corrected chi connectivity index (χ4v) is 3.40. The second-order valence-corrected chi connectivity index (χ2v) is 7.10. The van der Waals surface area contributed by atoms with Gasteiger partial charge in [0.25, 0.3) is 0 Å². The third-order valence-electron chi connectivity index (χ3n) is 3.74. The van der Waals surface area contributed by atoms with Crippen molar-refractivity contribution in [3.05, 3.63) is 60.1 Å². The quantitative estimate of drug-likeness (QED) is 0.306. The number of aromatic nitrogens is 3. The maximum atomic E-state index is 12.2. The zero-order chi connectivity index (χ0) is 20.1. The highest BCUT2D eigenvalue weighted by Gasteiger charge is 2.17. The van der Waals surface area contributed by atoms with Gasteiger partial charge in [0.15, 0.2) is 11.0 Å². The van der Waals surface area contributed by atoms with Crippen molar-refractivity contribution < 1.29 is 15.0 Å². The van der Waals surface area contributed by atoms with Crippen LogP contribution < -0.4 is 5.32 Å². The summed E-state index contributed by atoms with van der Waals surface area (Å²) in [5, 5.41) is 31.7. The van der Waals surface area contributed by atoms with E-state index >= 15 is 0 Å². The lowest BCUT2D eigenvalue weighted by Gasteiger charge is -2.09. The molecule has 0 unspecified atom stereocenters. The van der Waals surface area contributed by atoms with Crippen molar-refractivity contribution in [1.29, 1.82) is 0 Å². The molecule has 7 nitrogen and oxygen atoms in total. The molecule has 0 fully saturated rings. The number of aromatic hydroxyl groups is 2. The van der Waals surface area contributed by atoms with Crippen LogP contribution in [-0.2, 0) is 11.3 Å². The zero-order valence-corrected chi connectivity index (χ0v) is 16.2. The van der Waals surface area contributed by atoms with E-state index in [4.69, 9.17) is 11.6 Å². The Morgan fingerprint density at radius 1 is 1.21 bits per heavy atom. The summed E-state index contributed by atoms with van der Waals surface area (Å²) in [5.74, 6) is 0.209. The molecule has 0 saturated heterocycles. The van der Waals surface area contributed by atoms with Gasteiger partial charge in [0.2, 0.25) is 5.91 Å². The average Bonchev–Trinajstić information content (AvgIpc) is 3.06. The maximum Gasteiger partial charge on any atom is 0.234 e. The third-order valence-corrected chi connectivity index (χ3v) is 4.94. The number of amides is 1. The Morgan fingerprint density at radius 2 is 2.00 bits per heavy atom. The summed E-state index contributed by atoms with van der Waals surface area (Å²) in [4.78, 5) is 12.2. The molecule has 0 atom stereocenters. The standard InChI is InChI=1S/C19H17ClN4O3S/c1-2-9-24-18(13-5-3-4-6-15(13)25)22-23-19(24)28-11-17(27)21-14-10-12(20)7-8-16(14)26/h2-8,10,25-26H,1,9,11H2,(H,21,27). The molecule has 0 radical (unpaired) electrons. The molecule has 0 aliphatic rings. The number of para-hydroxylation sites is 1. The minimum Gasteiger partial charge on any atom is -0.507 e. The van der Waals surface area contributed by atoms with Gasteiger partial charge in [-0.25, -0.2) is 0 Å². The van der Waals surface area contributed by atoms with E-state index in [0.29, 0.717) is 28.1 Å². The molecule has 3 N–H and O–H groups in total. The first-order valence-corrected chi connectivity index (χ1v) is 9.59. The van der Waals surface area contributed by atoms with Crippen LogP contribution in [0.1, 0.15) is 0 Å². The highest BCUT2D eigenvalue weighted by molar-refractivity contribution is 7.99. The van der Waals surface area contributed by atoms with Crippen LogP contribution in [-0.4, -0.2) is 36.6 Å². The number of nitrogens with one attached hydrogen (secondary N) is 1. The van der Waals surface area contributed by atoms with Crippen molar-refractivity contribution in [2.24, 2.45) is 0 Å². The predicted octanol–water partition coefficient (Wildman–Crippen LogP) is 3.93. The molecule has 0 bridgehead atoms. The molecule has 28 heavy (non-hydrogen) atoms. The van der Waals surface area contributed by atoms with Gasteiger partial charge in [-0.3, -0.25) is 9.36 Å². The molecule has 2 aromatic carbocycles. The Labute approximate surface area is 170 Å². The number of hydrogen-bond acceptors (Lipinski definition) is 6. The number of nitrogens with zero attached hydrogens (tertiary/aromatic N) is 3. The van der Waals surface area contributed by atoms with Crippen LogP contribution in [0.4, 0.5) is 5.69 Å². The predicted molar refractivity (Wildman–Crippen MR) is 110 cm³/mol. The normalized spacial score (nSPS) is 10.6. The van der Waals surface area contributed by atoms with Crippen LogP contribution in [0.3, 0.4) is 0 Å².